The van der Waals surface area contributed by atoms with Crippen molar-refractivity contribution in [2.24, 2.45) is 5.73 Å². The summed E-state index contributed by atoms with van der Waals surface area (Å²) >= 11 is 0. The minimum Gasteiger partial charge on any atom is -0.386 e. The first kappa shape index (κ1) is 17.4. The minimum atomic E-state index is -3.11. The first-order chi connectivity index (χ1) is 9.42. The Morgan fingerprint density at radius 1 is 1.20 bits per heavy atom. The lowest BCUT2D eigenvalue weighted by Gasteiger charge is -2.38. The monoisotopic (exact) mass is 304 g/mol. The van der Waals surface area contributed by atoms with Gasteiger partial charge in [0.2, 0.25) is 10.0 Å². The van der Waals surface area contributed by atoms with Crippen LogP contribution in [0.15, 0.2) is 0 Å². The van der Waals surface area contributed by atoms with E-state index in [0.29, 0.717) is 32.6 Å². The van der Waals surface area contributed by atoms with Crippen LogP contribution < -0.4 is 5.73 Å². The van der Waals surface area contributed by atoms with Crippen molar-refractivity contribution in [3.63, 3.8) is 0 Å². The highest BCUT2D eigenvalue weighted by Gasteiger charge is 2.30. The summed E-state index contributed by atoms with van der Waals surface area (Å²) in [5, 5.41) is 7.66. The van der Waals surface area contributed by atoms with Gasteiger partial charge in [-0.15, -0.1) is 0 Å². The van der Waals surface area contributed by atoms with Crippen LogP contribution in [0.4, 0.5) is 0 Å². The van der Waals surface area contributed by atoms with Gasteiger partial charge in [-0.3, -0.25) is 10.3 Å². The predicted octanol–water partition coefficient (Wildman–Crippen LogP) is 0.839. The highest BCUT2D eigenvalue weighted by Crippen LogP contribution is 2.14. The Hall–Kier alpha value is -0.660. The largest absolute Gasteiger partial charge is 0.386 e. The van der Waals surface area contributed by atoms with Gasteiger partial charge in [0.05, 0.1) is 11.8 Å². The van der Waals surface area contributed by atoms with E-state index in [9.17, 15) is 8.42 Å². The second kappa shape index (κ2) is 7.95. The minimum absolute atomic E-state index is 0.0412. The lowest BCUT2D eigenvalue weighted by atomic mass is 10.1. The molecular formula is C13H28N4O2S. The van der Waals surface area contributed by atoms with Crippen molar-refractivity contribution < 1.29 is 8.42 Å². The fourth-order valence-corrected chi connectivity index (χ4v) is 4.19. The normalized spacial score (nSPS) is 19.9. The van der Waals surface area contributed by atoms with Crippen LogP contribution in [-0.2, 0) is 10.0 Å². The number of nitrogens with one attached hydrogen (secondary N) is 1. The summed E-state index contributed by atoms with van der Waals surface area (Å²) < 4.78 is 25.8. The maximum Gasteiger partial charge on any atom is 0.214 e. The van der Waals surface area contributed by atoms with Gasteiger partial charge in [-0.2, -0.15) is 4.31 Å². The molecule has 20 heavy (non-hydrogen) atoms. The zero-order valence-electron chi connectivity index (χ0n) is 12.6. The van der Waals surface area contributed by atoms with E-state index in [0.717, 1.165) is 19.3 Å². The van der Waals surface area contributed by atoms with Crippen LogP contribution in [0.5, 0.6) is 0 Å². The van der Waals surface area contributed by atoms with Gasteiger partial charge in [0, 0.05) is 26.2 Å². The Morgan fingerprint density at radius 2 is 1.80 bits per heavy atom. The van der Waals surface area contributed by atoms with E-state index in [1.165, 1.54) is 0 Å². The average molecular weight is 304 g/mol. The van der Waals surface area contributed by atoms with Crippen molar-refractivity contribution in [3.05, 3.63) is 0 Å². The number of unbranched alkanes of at least 4 members (excludes halogenated alkanes) is 1. The number of hydrogen-bond donors (Lipinski definition) is 2. The highest BCUT2D eigenvalue weighted by atomic mass is 32.2. The summed E-state index contributed by atoms with van der Waals surface area (Å²) in [5.74, 6) is 0.434. The molecule has 1 fully saturated rings. The third kappa shape index (κ3) is 4.71. The van der Waals surface area contributed by atoms with Gasteiger partial charge in [0.25, 0.3) is 0 Å². The highest BCUT2D eigenvalue weighted by molar-refractivity contribution is 7.89. The number of nitrogens with two attached hydrogens (primary N) is 1. The van der Waals surface area contributed by atoms with Gasteiger partial charge in [0.1, 0.15) is 5.84 Å². The summed E-state index contributed by atoms with van der Waals surface area (Å²) in [6.45, 7) is 6.42. The zero-order chi connectivity index (χ0) is 15.2. The van der Waals surface area contributed by atoms with E-state index < -0.39 is 10.0 Å². The Labute approximate surface area is 122 Å². The molecule has 1 unspecified atom stereocenters. The first-order valence-electron chi connectivity index (χ1n) is 7.48. The average Bonchev–Trinajstić information content (AvgIpc) is 2.42. The van der Waals surface area contributed by atoms with Crippen molar-refractivity contribution in [3.8, 4) is 0 Å². The standard InChI is InChI=1S/C13H28N4O2S/c1-3-5-11-20(18,19)17-9-7-16(8-10-17)12(6-4-2)13(14)15/h12H,3-11H2,1-2H3,(H3,14,15). The number of nitrogens with zero attached hydrogens (tertiary/aromatic N) is 2. The molecule has 0 saturated carbocycles. The van der Waals surface area contributed by atoms with Crippen LogP contribution >= 0.6 is 0 Å². The van der Waals surface area contributed by atoms with Crippen LogP contribution in [0.1, 0.15) is 39.5 Å². The molecule has 0 aliphatic carbocycles. The molecule has 0 aromatic carbocycles. The van der Waals surface area contributed by atoms with Crippen molar-refractivity contribution in [2.45, 2.75) is 45.6 Å². The molecular weight excluding hydrogens is 276 g/mol. The van der Waals surface area contributed by atoms with E-state index in [-0.39, 0.29) is 17.6 Å². The maximum atomic E-state index is 12.1. The fourth-order valence-electron chi connectivity index (χ4n) is 2.56. The Morgan fingerprint density at radius 3 is 2.25 bits per heavy atom. The molecule has 1 atom stereocenters. The number of sulfonamides is 1. The van der Waals surface area contributed by atoms with Gasteiger partial charge >= 0.3 is 0 Å². The Bertz CT molecular complexity index is 403. The summed E-state index contributed by atoms with van der Waals surface area (Å²) in [6.07, 6.45) is 3.44. The molecule has 3 N–H and O–H groups in total. The van der Waals surface area contributed by atoms with Crippen LogP contribution in [0.25, 0.3) is 0 Å². The van der Waals surface area contributed by atoms with Crippen LogP contribution in [-0.4, -0.2) is 61.4 Å². The van der Waals surface area contributed by atoms with Gasteiger partial charge in [-0.25, -0.2) is 8.42 Å². The molecule has 1 aliphatic rings. The van der Waals surface area contributed by atoms with E-state index in [1.54, 1.807) is 4.31 Å². The molecule has 118 valence electrons. The second-order valence-electron chi connectivity index (χ2n) is 5.36. The Kier molecular flexibility index (Phi) is 6.91. The van der Waals surface area contributed by atoms with Crippen LogP contribution in [0.3, 0.4) is 0 Å². The maximum absolute atomic E-state index is 12.1. The second-order valence-corrected chi connectivity index (χ2v) is 7.45. The predicted molar refractivity (Wildman–Crippen MR) is 82.5 cm³/mol. The molecule has 0 aromatic rings. The molecule has 1 rings (SSSR count). The van der Waals surface area contributed by atoms with Crippen molar-refractivity contribution in [1.29, 1.82) is 5.41 Å². The summed E-state index contributed by atoms with van der Waals surface area (Å²) in [7, 11) is -3.11. The molecule has 1 aliphatic heterocycles. The van der Waals surface area contributed by atoms with Crippen LogP contribution in [0.2, 0.25) is 0 Å². The molecule has 0 spiro atoms. The summed E-state index contributed by atoms with van der Waals surface area (Å²) in [4.78, 5) is 2.14. The van der Waals surface area contributed by atoms with Crippen molar-refractivity contribution in [1.82, 2.24) is 9.21 Å². The van der Waals surface area contributed by atoms with Crippen molar-refractivity contribution in [2.75, 3.05) is 31.9 Å². The van der Waals surface area contributed by atoms with E-state index in [4.69, 9.17) is 11.1 Å². The molecule has 1 heterocycles. The smallest absolute Gasteiger partial charge is 0.214 e. The third-order valence-electron chi connectivity index (χ3n) is 3.78. The number of amidine groups is 1. The number of rotatable bonds is 8. The summed E-state index contributed by atoms with van der Waals surface area (Å²) in [5.41, 5.74) is 5.65. The van der Waals surface area contributed by atoms with E-state index in [2.05, 4.69) is 11.8 Å². The molecule has 1 saturated heterocycles. The molecule has 6 nitrogen and oxygen atoms in total. The fraction of sp³-hybridized carbons (Fsp3) is 0.923. The number of hydrogen-bond acceptors (Lipinski definition) is 4. The SMILES string of the molecule is CCCCS(=O)(=O)N1CCN(C(CCC)C(=N)N)CC1. The molecule has 0 bridgehead atoms. The first-order valence-corrected chi connectivity index (χ1v) is 9.09. The van der Waals surface area contributed by atoms with Gasteiger partial charge in [-0.05, 0) is 12.8 Å². The number of piperazine rings is 1. The van der Waals surface area contributed by atoms with Crippen LogP contribution in [0, 0.1) is 5.41 Å². The third-order valence-corrected chi connectivity index (χ3v) is 5.74. The van der Waals surface area contributed by atoms with Crippen molar-refractivity contribution >= 4 is 15.9 Å². The topological polar surface area (TPSA) is 90.5 Å². The van der Waals surface area contributed by atoms with Gasteiger partial charge in [0.15, 0.2) is 0 Å². The lowest BCUT2D eigenvalue weighted by molar-refractivity contribution is 0.161. The molecule has 0 radical (unpaired) electrons. The van der Waals surface area contributed by atoms with Gasteiger partial charge in [-0.1, -0.05) is 26.7 Å². The zero-order valence-corrected chi connectivity index (χ0v) is 13.5. The molecule has 7 heteroatoms. The van der Waals surface area contributed by atoms with E-state index >= 15 is 0 Å². The van der Waals surface area contributed by atoms with Gasteiger partial charge < -0.3 is 5.73 Å². The van der Waals surface area contributed by atoms with E-state index in [1.807, 2.05) is 6.92 Å². The summed E-state index contributed by atoms with van der Waals surface area (Å²) in [6, 6.07) is -0.0412. The lowest BCUT2D eigenvalue weighted by Crippen LogP contribution is -2.55. The Balaban J connectivity index is 2.56. The quantitative estimate of drug-likeness (QED) is 0.513. The molecule has 0 aromatic heterocycles. The molecule has 0 amide bonds.